The number of carboxylic acid groups (broad SMARTS) is 2. The SMILES string of the molecule is CC(C)(C(=O)[O-])C(=O)O.CCC[N+](CCC)(CCC)CCC. The Bertz CT molecular complexity index is 281. The Hall–Kier alpha value is -1.10. The van der Waals surface area contributed by atoms with Crippen molar-refractivity contribution in [2.24, 2.45) is 5.41 Å². The van der Waals surface area contributed by atoms with E-state index in [2.05, 4.69) is 27.7 Å². The highest BCUT2D eigenvalue weighted by atomic mass is 16.4. The minimum absolute atomic E-state index is 1.07. The monoisotopic (exact) mass is 317 g/mol. The van der Waals surface area contributed by atoms with Gasteiger partial charge in [0.15, 0.2) is 0 Å². The number of carbonyl (C=O) groups excluding carboxylic acids is 1. The molecule has 1 N–H and O–H groups in total. The zero-order valence-electron chi connectivity index (χ0n) is 15.3. The molecule has 0 spiro atoms. The summed E-state index contributed by atoms with van der Waals surface area (Å²) in [6.45, 7) is 16.9. The second kappa shape index (κ2) is 11.5. The normalized spacial score (nSPS) is 11.5. The predicted molar refractivity (Wildman–Crippen MR) is 87.3 cm³/mol. The fourth-order valence-corrected chi connectivity index (χ4v) is 2.66. The lowest BCUT2D eigenvalue weighted by Gasteiger charge is -2.38. The van der Waals surface area contributed by atoms with E-state index in [4.69, 9.17) is 5.11 Å². The molecule has 0 saturated carbocycles. The van der Waals surface area contributed by atoms with E-state index < -0.39 is 17.4 Å². The number of carboxylic acids is 2. The molecule has 0 heterocycles. The van der Waals surface area contributed by atoms with Crippen molar-refractivity contribution < 1.29 is 24.3 Å². The van der Waals surface area contributed by atoms with Crippen LogP contribution in [0.2, 0.25) is 0 Å². The third-order valence-corrected chi connectivity index (χ3v) is 3.84. The molecule has 0 aromatic carbocycles. The molecule has 0 rings (SSSR count). The van der Waals surface area contributed by atoms with E-state index in [1.54, 1.807) is 0 Å². The lowest BCUT2D eigenvalue weighted by atomic mass is 9.95. The van der Waals surface area contributed by atoms with E-state index in [0.717, 1.165) is 13.8 Å². The molecule has 0 aliphatic heterocycles. The fourth-order valence-electron chi connectivity index (χ4n) is 2.66. The fraction of sp³-hybridized carbons (Fsp3) is 0.882. The average molecular weight is 317 g/mol. The maximum Gasteiger partial charge on any atom is 0.314 e. The van der Waals surface area contributed by atoms with E-state index in [1.165, 1.54) is 56.3 Å². The largest absolute Gasteiger partial charge is 0.549 e. The van der Waals surface area contributed by atoms with Crippen molar-refractivity contribution >= 4 is 11.9 Å². The van der Waals surface area contributed by atoms with Crippen molar-refractivity contribution in [3.05, 3.63) is 0 Å². The third-order valence-electron chi connectivity index (χ3n) is 3.84. The van der Waals surface area contributed by atoms with Crippen LogP contribution >= 0.6 is 0 Å². The maximum absolute atomic E-state index is 10.0. The van der Waals surface area contributed by atoms with Gasteiger partial charge in [-0.15, -0.1) is 0 Å². The summed E-state index contributed by atoms with van der Waals surface area (Å²) in [5.74, 6) is -2.96. The van der Waals surface area contributed by atoms with E-state index >= 15 is 0 Å². The Morgan fingerprint density at radius 2 is 1.14 bits per heavy atom. The molecule has 0 aliphatic carbocycles. The molecule has 0 radical (unpaired) electrons. The molecule has 0 aromatic rings. The molecule has 0 aromatic heterocycles. The minimum atomic E-state index is -1.78. The topological polar surface area (TPSA) is 77.4 Å². The van der Waals surface area contributed by atoms with Crippen molar-refractivity contribution in [1.29, 1.82) is 0 Å². The van der Waals surface area contributed by atoms with Gasteiger partial charge in [-0.25, -0.2) is 0 Å². The predicted octanol–water partition coefficient (Wildman–Crippen LogP) is 2.29. The summed E-state index contributed by atoms with van der Waals surface area (Å²) in [5.41, 5.74) is -1.78. The smallest absolute Gasteiger partial charge is 0.314 e. The standard InChI is InChI=1S/C12H28N.C5H8O4/c1-5-9-13(10-6-2,11-7-3)12-8-4;1-5(2,3(6)7)4(8)9/h5-12H2,1-4H3;1-2H3,(H,6,7)(H,8,9)/q+1;/p-1. The van der Waals surface area contributed by atoms with Crippen LogP contribution in [0.1, 0.15) is 67.2 Å². The van der Waals surface area contributed by atoms with Crippen LogP contribution in [-0.2, 0) is 9.59 Å². The summed E-state index contributed by atoms with van der Waals surface area (Å²) in [6.07, 6.45) is 5.33. The molecule has 0 saturated heterocycles. The summed E-state index contributed by atoms with van der Waals surface area (Å²) < 4.78 is 1.38. The minimum Gasteiger partial charge on any atom is -0.549 e. The Kier molecular flexibility index (Phi) is 12.1. The highest BCUT2D eigenvalue weighted by molar-refractivity contribution is 5.96. The lowest BCUT2D eigenvalue weighted by molar-refractivity contribution is -0.928. The van der Waals surface area contributed by atoms with E-state index in [9.17, 15) is 14.7 Å². The molecule has 0 fully saturated rings. The summed E-state index contributed by atoms with van der Waals surface area (Å²) in [6, 6.07) is 0. The Morgan fingerprint density at radius 1 is 0.864 bits per heavy atom. The average Bonchev–Trinajstić information content (AvgIpc) is 2.40. The van der Waals surface area contributed by atoms with Crippen LogP contribution in [-0.4, -0.2) is 47.7 Å². The Morgan fingerprint density at radius 3 is 1.23 bits per heavy atom. The number of rotatable bonds is 10. The first kappa shape index (κ1) is 23.2. The first-order valence-corrected chi connectivity index (χ1v) is 8.43. The first-order valence-electron chi connectivity index (χ1n) is 8.43. The van der Waals surface area contributed by atoms with E-state index in [1.807, 2.05) is 0 Å². The number of aliphatic carboxylic acids is 2. The second-order valence-electron chi connectivity index (χ2n) is 6.45. The summed E-state index contributed by atoms with van der Waals surface area (Å²) in [4.78, 5) is 20.0. The van der Waals surface area contributed by atoms with E-state index in [0.29, 0.717) is 0 Å². The second-order valence-corrected chi connectivity index (χ2v) is 6.45. The summed E-state index contributed by atoms with van der Waals surface area (Å²) in [7, 11) is 0. The molecule has 5 nitrogen and oxygen atoms in total. The molecule has 0 aliphatic rings. The quantitative estimate of drug-likeness (QED) is 0.495. The van der Waals surface area contributed by atoms with Gasteiger partial charge in [-0.05, 0) is 39.5 Å². The van der Waals surface area contributed by atoms with Crippen molar-refractivity contribution in [3.63, 3.8) is 0 Å². The molecule has 132 valence electrons. The van der Waals surface area contributed by atoms with Gasteiger partial charge in [0.25, 0.3) is 0 Å². The van der Waals surface area contributed by atoms with Gasteiger partial charge in [0, 0.05) is 0 Å². The van der Waals surface area contributed by atoms with Crippen molar-refractivity contribution in [2.45, 2.75) is 67.2 Å². The highest BCUT2D eigenvalue weighted by Gasteiger charge is 2.28. The summed E-state index contributed by atoms with van der Waals surface area (Å²) >= 11 is 0. The van der Waals surface area contributed by atoms with Gasteiger partial charge < -0.3 is 19.5 Å². The Balaban J connectivity index is 0. The van der Waals surface area contributed by atoms with Crippen molar-refractivity contribution in [2.75, 3.05) is 26.2 Å². The first-order chi connectivity index (χ1) is 10.1. The zero-order valence-corrected chi connectivity index (χ0v) is 15.3. The van der Waals surface area contributed by atoms with Crippen LogP contribution in [0.25, 0.3) is 0 Å². The van der Waals surface area contributed by atoms with Gasteiger partial charge in [-0.3, -0.25) is 4.79 Å². The molecule has 0 atom stereocenters. The molecule has 0 bridgehead atoms. The van der Waals surface area contributed by atoms with Gasteiger partial charge >= 0.3 is 5.97 Å². The lowest BCUT2D eigenvalue weighted by Crippen LogP contribution is -2.50. The molecular weight excluding hydrogens is 282 g/mol. The molecular formula is C17H35NO4. The molecule has 22 heavy (non-hydrogen) atoms. The highest BCUT2D eigenvalue weighted by Crippen LogP contribution is 2.13. The maximum atomic E-state index is 10.0. The van der Waals surface area contributed by atoms with Gasteiger partial charge in [0.1, 0.15) is 5.41 Å². The number of carbonyl (C=O) groups is 2. The van der Waals surface area contributed by atoms with Gasteiger partial charge in [-0.2, -0.15) is 0 Å². The van der Waals surface area contributed by atoms with E-state index in [-0.39, 0.29) is 0 Å². The Labute approximate surface area is 135 Å². The number of quaternary nitrogens is 1. The van der Waals surface area contributed by atoms with Crippen molar-refractivity contribution in [3.8, 4) is 0 Å². The van der Waals surface area contributed by atoms with Crippen molar-refractivity contribution in [1.82, 2.24) is 0 Å². The van der Waals surface area contributed by atoms with Gasteiger partial charge in [0.2, 0.25) is 0 Å². The zero-order chi connectivity index (χ0) is 17.8. The van der Waals surface area contributed by atoms with Crippen LogP contribution in [0, 0.1) is 5.41 Å². The number of hydrogen-bond acceptors (Lipinski definition) is 3. The van der Waals surface area contributed by atoms with Crippen LogP contribution in [0.3, 0.4) is 0 Å². The number of hydrogen-bond donors (Lipinski definition) is 1. The summed E-state index contributed by atoms with van der Waals surface area (Å²) in [5, 5.41) is 18.2. The van der Waals surface area contributed by atoms with Gasteiger partial charge in [0.05, 0.1) is 32.1 Å². The van der Waals surface area contributed by atoms with Crippen LogP contribution in [0.15, 0.2) is 0 Å². The molecule has 0 unspecified atom stereocenters. The third kappa shape index (κ3) is 8.37. The van der Waals surface area contributed by atoms with Crippen LogP contribution in [0.5, 0.6) is 0 Å². The number of nitrogens with zero attached hydrogens (tertiary/aromatic N) is 1. The van der Waals surface area contributed by atoms with Gasteiger partial charge in [-0.1, -0.05) is 27.7 Å². The molecule has 5 heteroatoms. The van der Waals surface area contributed by atoms with Crippen LogP contribution in [0.4, 0.5) is 0 Å². The van der Waals surface area contributed by atoms with Crippen LogP contribution < -0.4 is 5.11 Å². The molecule has 0 amide bonds.